The Kier molecular flexibility index (Phi) is 6.71. The molecule has 1 rings (SSSR count). The summed E-state index contributed by atoms with van der Waals surface area (Å²) in [7, 11) is 0. The van der Waals surface area contributed by atoms with E-state index in [1.165, 1.54) is 5.75 Å². The van der Waals surface area contributed by atoms with Gasteiger partial charge >= 0.3 is 0 Å². The quantitative estimate of drug-likeness (QED) is 0.636. The van der Waals surface area contributed by atoms with Crippen molar-refractivity contribution in [1.82, 2.24) is 10.2 Å². The predicted octanol–water partition coefficient (Wildman–Crippen LogP) is 2.53. The maximum absolute atomic E-state index is 4.77. The lowest BCUT2D eigenvalue weighted by Crippen LogP contribution is -2.51. The molecule has 0 aromatic rings. The van der Waals surface area contributed by atoms with Crippen molar-refractivity contribution in [3.63, 3.8) is 0 Å². The largest absolute Gasteiger partial charge is 0.357 e. The Morgan fingerprint density at radius 1 is 1.56 bits per heavy atom. The highest BCUT2D eigenvalue weighted by molar-refractivity contribution is 8.00. The zero-order valence-electron chi connectivity index (χ0n) is 12.3. The molecule has 1 N–H and O–H groups in total. The number of nitrogens with zero attached hydrogens (tertiary/aromatic N) is 2. The first-order chi connectivity index (χ1) is 8.48. The van der Waals surface area contributed by atoms with Gasteiger partial charge in [-0.05, 0) is 27.0 Å². The third-order valence-corrected chi connectivity index (χ3v) is 5.21. The van der Waals surface area contributed by atoms with Crippen molar-refractivity contribution in [3.8, 4) is 0 Å². The van der Waals surface area contributed by atoms with Crippen molar-refractivity contribution >= 4 is 29.5 Å². The van der Waals surface area contributed by atoms with Gasteiger partial charge in [0.05, 0.1) is 6.54 Å². The number of aliphatic imine (C=N–C) groups is 1. The molecule has 18 heavy (non-hydrogen) atoms. The van der Waals surface area contributed by atoms with Crippen molar-refractivity contribution in [1.29, 1.82) is 0 Å². The lowest BCUT2D eigenvalue weighted by Gasteiger charge is -2.39. The summed E-state index contributed by atoms with van der Waals surface area (Å²) in [6.07, 6.45) is 2.15. The second kappa shape index (κ2) is 7.53. The molecule has 1 heterocycles. The summed E-state index contributed by atoms with van der Waals surface area (Å²) >= 11 is 3.93. The number of hydrogen-bond donors (Lipinski definition) is 1. The maximum atomic E-state index is 4.77. The van der Waals surface area contributed by atoms with Gasteiger partial charge in [-0.25, -0.2) is 0 Å². The van der Waals surface area contributed by atoms with E-state index in [0.717, 1.165) is 32.1 Å². The van der Waals surface area contributed by atoms with Gasteiger partial charge < -0.3 is 10.2 Å². The van der Waals surface area contributed by atoms with Crippen LogP contribution >= 0.6 is 23.5 Å². The van der Waals surface area contributed by atoms with Crippen molar-refractivity contribution in [2.24, 2.45) is 4.99 Å². The Balaban J connectivity index is 2.65. The highest BCUT2D eigenvalue weighted by Crippen LogP contribution is 2.29. The van der Waals surface area contributed by atoms with Gasteiger partial charge in [-0.1, -0.05) is 6.92 Å². The van der Waals surface area contributed by atoms with E-state index < -0.39 is 0 Å². The lowest BCUT2D eigenvalue weighted by atomic mass is 10.2. The Labute approximate surface area is 121 Å². The summed E-state index contributed by atoms with van der Waals surface area (Å²) in [5.74, 6) is 2.28. The van der Waals surface area contributed by atoms with Crippen LogP contribution in [-0.4, -0.2) is 59.0 Å². The topological polar surface area (TPSA) is 27.6 Å². The SMILES string of the molecule is CCNC(=NCC(C)SC)N1CCSC(C)(C)C1. The standard InChI is InChI=1S/C13H27N3S2/c1-6-14-12(15-9-11(2)17-5)16-7-8-18-13(3,4)10-16/h11H,6-10H2,1-5H3,(H,14,15). The molecule has 0 amide bonds. The number of rotatable bonds is 4. The molecular weight excluding hydrogens is 262 g/mol. The monoisotopic (exact) mass is 289 g/mol. The summed E-state index contributed by atoms with van der Waals surface area (Å²) in [5, 5.41) is 4.02. The normalized spacial score (nSPS) is 21.8. The summed E-state index contributed by atoms with van der Waals surface area (Å²) in [6, 6.07) is 0. The molecule has 1 aliphatic heterocycles. The highest BCUT2D eigenvalue weighted by atomic mass is 32.2. The molecule has 1 atom stereocenters. The van der Waals surface area contributed by atoms with E-state index in [2.05, 4.69) is 55.9 Å². The molecule has 0 aromatic heterocycles. The number of hydrogen-bond acceptors (Lipinski definition) is 3. The van der Waals surface area contributed by atoms with Crippen LogP contribution in [0.15, 0.2) is 4.99 Å². The average Bonchev–Trinajstić information content (AvgIpc) is 2.32. The Bertz CT molecular complexity index is 279. The van der Waals surface area contributed by atoms with Gasteiger partial charge in [0.2, 0.25) is 0 Å². The first-order valence-corrected chi connectivity index (χ1v) is 8.96. The molecule has 0 saturated carbocycles. The fourth-order valence-electron chi connectivity index (χ4n) is 1.91. The third kappa shape index (κ3) is 5.31. The predicted molar refractivity (Wildman–Crippen MR) is 87.1 cm³/mol. The fourth-order valence-corrected chi connectivity index (χ4v) is 3.25. The van der Waals surface area contributed by atoms with Crippen LogP contribution in [0.4, 0.5) is 0 Å². The third-order valence-electron chi connectivity index (χ3n) is 2.96. The van der Waals surface area contributed by atoms with Crippen LogP contribution in [0.5, 0.6) is 0 Å². The average molecular weight is 290 g/mol. The van der Waals surface area contributed by atoms with Gasteiger partial charge in [-0.15, -0.1) is 0 Å². The second-order valence-electron chi connectivity index (χ2n) is 5.27. The number of guanidine groups is 1. The second-order valence-corrected chi connectivity index (χ2v) is 8.35. The molecule has 1 saturated heterocycles. The van der Waals surface area contributed by atoms with E-state index in [1.54, 1.807) is 0 Å². The van der Waals surface area contributed by atoms with Crippen LogP contribution in [0.3, 0.4) is 0 Å². The minimum absolute atomic E-state index is 0.333. The van der Waals surface area contributed by atoms with Gasteiger partial charge in [0.1, 0.15) is 0 Å². The van der Waals surface area contributed by atoms with Crippen LogP contribution in [0.2, 0.25) is 0 Å². The van der Waals surface area contributed by atoms with Gasteiger partial charge in [-0.3, -0.25) is 4.99 Å². The molecule has 0 aromatic carbocycles. The molecule has 1 fully saturated rings. The minimum atomic E-state index is 0.333. The van der Waals surface area contributed by atoms with Crippen molar-refractivity contribution in [2.75, 3.05) is 38.2 Å². The highest BCUT2D eigenvalue weighted by Gasteiger charge is 2.28. The molecule has 3 nitrogen and oxygen atoms in total. The Hall–Kier alpha value is -0.0300. The number of thioether (sulfide) groups is 2. The summed E-state index contributed by atoms with van der Waals surface area (Å²) < 4.78 is 0.333. The lowest BCUT2D eigenvalue weighted by molar-refractivity contribution is 0.376. The van der Waals surface area contributed by atoms with E-state index in [4.69, 9.17) is 4.99 Å². The van der Waals surface area contributed by atoms with Crippen LogP contribution in [0, 0.1) is 0 Å². The molecule has 0 aliphatic carbocycles. The molecule has 0 radical (unpaired) electrons. The molecule has 1 aliphatic rings. The summed E-state index contributed by atoms with van der Waals surface area (Å²) in [5.41, 5.74) is 0. The van der Waals surface area contributed by atoms with Gasteiger partial charge in [0, 0.05) is 35.4 Å². The zero-order chi connectivity index (χ0) is 13.6. The molecule has 5 heteroatoms. The molecular formula is C13H27N3S2. The fraction of sp³-hybridized carbons (Fsp3) is 0.923. The van der Waals surface area contributed by atoms with Crippen LogP contribution < -0.4 is 5.32 Å². The Morgan fingerprint density at radius 3 is 2.83 bits per heavy atom. The van der Waals surface area contributed by atoms with E-state index in [-0.39, 0.29) is 0 Å². The molecule has 1 unspecified atom stereocenters. The van der Waals surface area contributed by atoms with E-state index in [9.17, 15) is 0 Å². The Morgan fingerprint density at radius 2 is 2.28 bits per heavy atom. The van der Waals surface area contributed by atoms with Crippen LogP contribution in [0.1, 0.15) is 27.7 Å². The van der Waals surface area contributed by atoms with Crippen molar-refractivity contribution in [2.45, 2.75) is 37.7 Å². The molecule has 106 valence electrons. The smallest absolute Gasteiger partial charge is 0.194 e. The maximum Gasteiger partial charge on any atom is 0.194 e. The van der Waals surface area contributed by atoms with Crippen LogP contribution in [0.25, 0.3) is 0 Å². The van der Waals surface area contributed by atoms with E-state index in [1.807, 2.05) is 11.8 Å². The summed E-state index contributed by atoms with van der Waals surface area (Å²) in [4.78, 5) is 7.18. The van der Waals surface area contributed by atoms with Gasteiger partial charge in [-0.2, -0.15) is 23.5 Å². The van der Waals surface area contributed by atoms with E-state index in [0.29, 0.717) is 10.00 Å². The number of nitrogens with one attached hydrogen (secondary N) is 1. The van der Waals surface area contributed by atoms with Crippen molar-refractivity contribution in [3.05, 3.63) is 0 Å². The zero-order valence-corrected chi connectivity index (χ0v) is 14.0. The minimum Gasteiger partial charge on any atom is -0.357 e. The van der Waals surface area contributed by atoms with Crippen LogP contribution in [-0.2, 0) is 0 Å². The molecule has 0 spiro atoms. The molecule has 0 bridgehead atoms. The van der Waals surface area contributed by atoms with Gasteiger partial charge in [0.15, 0.2) is 5.96 Å². The van der Waals surface area contributed by atoms with E-state index >= 15 is 0 Å². The van der Waals surface area contributed by atoms with Crippen molar-refractivity contribution < 1.29 is 0 Å². The first kappa shape index (κ1) is 16.0. The summed E-state index contributed by atoms with van der Waals surface area (Å²) in [6.45, 7) is 13.0. The first-order valence-electron chi connectivity index (χ1n) is 6.68. The van der Waals surface area contributed by atoms with Gasteiger partial charge in [0.25, 0.3) is 0 Å².